The van der Waals surface area contributed by atoms with E-state index in [1.54, 1.807) is 30.3 Å². The van der Waals surface area contributed by atoms with Gasteiger partial charge in [0.15, 0.2) is 0 Å². The summed E-state index contributed by atoms with van der Waals surface area (Å²) in [4.78, 5) is 33.4. The van der Waals surface area contributed by atoms with E-state index in [9.17, 15) is 9.90 Å². The molecule has 0 unspecified atom stereocenters. The van der Waals surface area contributed by atoms with E-state index in [0.29, 0.717) is 23.5 Å². The summed E-state index contributed by atoms with van der Waals surface area (Å²) < 4.78 is 0.982. The fraction of sp³-hybridized carbons (Fsp3) is 0.379. The zero-order valence-electron chi connectivity index (χ0n) is 22.7. The number of fused-ring (bicyclic) bond motifs is 3. The normalized spacial score (nSPS) is 18.7. The number of anilines is 3. The molecule has 2 fully saturated rings. The largest absolute Gasteiger partial charge is 0.395 e. The number of β-amino-alcohol motifs (C(OH)–C–C–N with tert-alkyl or cyclic N) is 1. The molecule has 9 nitrogen and oxygen atoms in total. The van der Waals surface area contributed by atoms with E-state index in [4.69, 9.17) is 9.97 Å². The zero-order valence-corrected chi connectivity index (χ0v) is 23.5. The van der Waals surface area contributed by atoms with Crippen LogP contribution in [0.15, 0.2) is 42.6 Å². The maximum atomic E-state index is 12.6. The first-order valence-electron chi connectivity index (χ1n) is 13.2. The Morgan fingerprint density at radius 3 is 2.62 bits per heavy atom. The molecule has 39 heavy (non-hydrogen) atoms. The zero-order chi connectivity index (χ0) is 27.3. The second-order valence-electron chi connectivity index (χ2n) is 10.8. The van der Waals surface area contributed by atoms with Gasteiger partial charge in [-0.2, -0.15) is 0 Å². The fourth-order valence-electron chi connectivity index (χ4n) is 5.74. The predicted molar refractivity (Wildman–Crippen MR) is 156 cm³/mol. The molecule has 2 saturated heterocycles. The number of likely N-dealkylation sites (tertiary alicyclic amines) is 1. The maximum absolute atomic E-state index is 12.6. The molecule has 3 aromatic heterocycles. The highest BCUT2D eigenvalue weighted by Crippen LogP contribution is 2.35. The Bertz CT molecular complexity index is 1550. The summed E-state index contributed by atoms with van der Waals surface area (Å²) in [6, 6.07) is 12.9. The summed E-state index contributed by atoms with van der Waals surface area (Å²) in [7, 11) is 3.52. The fourth-order valence-corrected chi connectivity index (χ4v) is 6.64. The molecular formula is C29H33N7O2S. The third kappa shape index (κ3) is 5.07. The number of piperazine rings is 1. The number of nitrogens with zero attached hydrogens (tertiary/aromatic N) is 6. The van der Waals surface area contributed by atoms with Gasteiger partial charge in [-0.3, -0.25) is 9.69 Å². The monoisotopic (exact) mass is 543 g/mol. The summed E-state index contributed by atoms with van der Waals surface area (Å²) in [5.74, 6) is 2.40. The number of hydrogen-bond donors (Lipinski definition) is 2. The number of benzene rings is 1. The number of aryl methyl sites for hydroxylation is 2. The number of aromatic nitrogens is 3. The highest BCUT2D eigenvalue weighted by atomic mass is 32.1. The first kappa shape index (κ1) is 25.7. The third-order valence-electron chi connectivity index (χ3n) is 7.50. The number of aliphatic hydroxyl groups excluding tert-OH is 1. The molecule has 0 saturated carbocycles. The van der Waals surface area contributed by atoms with Gasteiger partial charge in [0.1, 0.15) is 22.5 Å². The second-order valence-corrected chi connectivity index (χ2v) is 11.8. The van der Waals surface area contributed by atoms with Crippen LogP contribution in [0.1, 0.15) is 27.9 Å². The maximum Gasteiger partial charge on any atom is 0.253 e. The number of nitrogens with one attached hydrogen (secondary N) is 1. The number of rotatable bonds is 7. The molecule has 2 N–H and O–H groups in total. The van der Waals surface area contributed by atoms with E-state index < -0.39 is 0 Å². The third-order valence-corrected chi connectivity index (χ3v) is 8.56. The summed E-state index contributed by atoms with van der Waals surface area (Å²) in [6.45, 7) is 6.94. The first-order valence-corrected chi connectivity index (χ1v) is 14.1. The molecule has 1 aromatic carbocycles. The van der Waals surface area contributed by atoms with Gasteiger partial charge in [0.05, 0.1) is 16.8 Å². The Morgan fingerprint density at radius 2 is 1.87 bits per heavy atom. The first-order chi connectivity index (χ1) is 18.8. The van der Waals surface area contributed by atoms with Crippen LogP contribution < -0.4 is 10.2 Å². The van der Waals surface area contributed by atoms with Gasteiger partial charge in [-0.25, -0.2) is 15.0 Å². The van der Waals surface area contributed by atoms with Crippen molar-refractivity contribution in [2.24, 2.45) is 0 Å². The van der Waals surface area contributed by atoms with Crippen molar-refractivity contribution in [2.45, 2.75) is 32.4 Å². The van der Waals surface area contributed by atoms with Gasteiger partial charge in [-0.15, -0.1) is 11.3 Å². The minimum Gasteiger partial charge on any atom is -0.395 e. The van der Waals surface area contributed by atoms with Crippen molar-refractivity contribution in [3.8, 4) is 10.6 Å². The molecule has 5 heterocycles. The molecule has 6 rings (SSSR count). The standard InChI is InChI=1S/C29H33N7O2S/c1-17-7-19(11-20(8-17)29(38)34(3)4)28-31-23-13-25(30-14-24(23)39-28)32-26-9-18(2)10-27(33-26)36-16-21-12-22(36)15-35(21)5-6-37/h7-11,13-14,21-22,37H,5-6,12,15-16H2,1-4H3,(H,30,32,33)/t21-,22-/m0/s1. The minimum atomic E-state index is -0.0246. The topological polar surface area (TPSA) is 97.7 Å². The highest BCUT2D eigenvalue weighted by Gasteiger charge is 2.43. The van der Waals surface area contributed by atoms with Crippen LogP contribution >= 0.6 is 11.3 Å². The molecule has 202 valence electrons. The Hall–Kier alpha value is -3.60. The van der Waals surface area contributed by atoms with Gasteiger partial charge in [-0.1, -0.05) is 0 Å². The van der Waals surface area contributed by atoms with Gasteiger partial charge in [0, 0.05) is 69.2 Å². The van der Waals surface area contributed by atoms with Gasteiger partial charge >= 0.3 is 0 Å². The number of aliphatic hydroxyl groups is 1. The quantitative estimate of drug-likeness (QED) is 0.360. The molecule has 2 atom stereocenters. The lowest BCUT2D eigenvalue weighted by molar-refractivity contribution is 0.0827. The number of amides is 1. The van der Waals surface area contributed by atoms with Crippen LogP contribution in [0.4, 0.5) is 17.5 Å². The molecule has 2 bridgehead atoms. The van der Waals surface area contributed by atoms with Crippen LogP contribution in [0, 0.1) is 13.8 Å². The van der Waals surface area contributed by atoms with Crippen LogP contribution in [-0.2, 0) is 0 Å². The van der Waals surface area contributed by atoms with Crippen molar-refractivity contribution < 1.29 is 9.90 Å². The molecule has 0 spiro atoms. The van der Waals surface area contributed by atoms with E-state index in [2.05, 4.69) is 39.2 Å². The Morgan fingerprint density at radius 1 is 1.05 bits per heavy atom. The van der Waals surface area contributed by atoms with Crippen molar-refractivity contribution in [3.63, 3.8) is 0 Å². The smallest absolute Gasteiger partial charge is 0.253 e. The van der Waals surface area contributed by atoms with Crippen molar-refractivity contribution in [2.75, 3.05) is 50.6 Å². The lowest BCUT2D eigenvalue weighted by Gasteiger charge is -2.34. The van der Waals surface area contributed by atoms with Crippen molar-refractivity contribution in [3.05, 3.63) is 59.3 Å². The average molecular weight is 544 g/mol. The van der Waals surface area contributed by atoms with Gasteiger partial charge < -0.3 is 20.2 Å². The number of hydrogen-bond acceptors (Lipinski definition) is 9. The SMILES string of the molecule is Cc1cc(C(=O)N(C)C)cc(-c2nc3cc(Nc4cc(C)cc(N5C[C@@H]6C[C@H]5CN6CCO)n4)ncc3s2)c1. The van der Waals surface area contributed by atoms with Crippen LogP contribution in [0.5, 0.6) is 0 Å². The molecule has 1 amide bonds. The summed E-state index contributed by atoms with van der Waals surface area (Å²) in [6.07, 6.45) is 2.96. The Kier molecular flexibility index (Phi) is 6.70. The lowest BCUT2D eigenvalue weighted by atomic mass is 10.1. The molecular weight excluding hydrogens is 510 g/mol. The average Bonchev–Trinajstić information content (AvgIpc) is 3.62. The Balaban J connectivity index is 1.23. The number of pyridine rings is 2. The summed E-state index contributed by atoms with van der Waals surface area (Å²) in [5, 5.41) is 13.6. The summed E-state index contributed by atoms with van der Waals surface area (Å²) >= 11 is 1.57. The number of carbonyl (C=O) groups excluding carboxylic acids is 1. The summed E-state index contributed by atoms with van der Waals surface area (Å²) in [5.41, 5.74) is 4.59. The number of carbonyl (C=O) groups is 1. The highest BCUT2D eigenvalue weighted by molar-refractivity contribution is 7.21. The van der Waals surface area contributed by atoms with E-state index in [0.717, 1.165) is 69.6 Å². The Labute approximate surface area is 232 Å². The molecule has 0 radical (unpaired) electrons. The van der Waals surface area contributed by atoms with Crippen LogP contribution in [-0.4, -0.2) is 88.2 Å². The molecule has 10 heteroatoms. The van der Waals surface area contributed by atoms with Gasteiger partial charge in [-0.05, 0) is 61.7 Å². The molecule has 4 aromatic rings. The molecule has 2 aliphatic rings. The lowest BCUT2D eigenvalue weighted by Crippen LogP contribution is -2.47. The minimum absolute atomic E-state index is 0.0246. The number of thiazole rings is 1. The van der Waals surface area contributed by atoms with E-state index in [-0.39, 0.29) is 12.5 Å². The molecule has 0 aliphatic carbocycles. The second kappa shape index (κ2) is 10.2. The molecule has 2 aliphatic heterocycles. The predicted octanol–water partition coefficient (Wildman–Crippen LogP) is 4.07. The van der Waals surface area contributed by atoms with E-state index in [1.165, 1.54) is 0 Å². The van der Waals surface area contributed by atoms with Crippen LogP contribution in [0.25, 0.3) is 20.8 Å². The van der Waals surface area contributed by atoms with Crippen LogP contribution in [0.2, 0.25) is 0 Å². The van der Waals surface area contributed by atoms with Gasteiger partial charge in [0.2, 0.25) is 0 Å². The van der Waals surface area contributed by atoms with Crippen molar-refractivity contribution >= 4 is 44.9 Å². The van der Waals surface area contributed by atoms with Gasteiger partial charge in [0.25, 0.3) is 5.91 Å². The van der Waals surface area contributed by atoms with E-state index >= 15 is 0 Å². The van der Waals surface area contributed by atoms with Crippen molar-refractivity contribution in [1.29, 1.82) is 0 Å². The van der Waals surface area contributed by atoms with E-state index in [1.807, 2.05) is 37.4 Å². The van der Waals surface area contributed by atoms with Crippen molar-refractivity contribution in [1.82, 2.24) is 24.8 Å². The van der Waals surface area contributed by atoms with Crippen LogP contribution in [0.3, 0.4) is 0 Å².